The van der Waals surface area contributed by atoms with E-state index in [0.29, 0.717) is 31.1 Å². The second kappa shape index (κ2) is 6.73. The first-order chi connectivity index (χ1) is 9.72. The van der Waals surface area contributed by atoms with Crippen molar-refractivity contribution >= 4 is 5.69 Å². The summed E-state index contributed by atoms with van der Waals surface area (Å²) in [4.78, 5) is 10.5. The van der Waals surface area contributed by atoms with Crippen LogP contribution < -0.4 is 5.32 Å². The van der Waals surface area contributed by atoms with Gasteiger partial charge in [-0.25, -0.2) is 4.68 Å². The summed E-state index contributed by atoms with van der Waals surface area (Å²) in [6.45, 7) is 1.84. The zero-order valence-electron chi connectivity index (χ0n) is 11.0. The molecule has 0 fully saturated rings. The summed E-state index contributed by atoms with van der Waals surface area (Å²) in [6.07, 6.45) is 1.67. The molecular weight excluding hydrogens is 262 g/mol. The minimum Gasteiger partial charge on any atom is -0.383 e. The zero-order chi connectivity index (χ0) is 14.4. The van der Waals surface area contributed by atoms with Crippen molar-refractivity contribution in [1.82, 2.24) is 20.3 Å². The fraction of sp³-hybridized carbons (Fsp3) is 0.333. The number of nitrogens with zero attached hydrogens (tertiary/aromatic N) is 4. The quantitative estimate of drug-likeness (QED) is 0.459. The van der Waals surface area contributed by atoms with Crippen molar-refractivity contribution in [3.8, 4) is 5.69 Å². The SMILES string of the molecule is COCCNCc1cn(-c2ccccc2[N+](=O)[O-])nn1. The van der Waals surface area contributed by atoms with Crippen LogP contribution in [-0.2, 0) is 11.3 Å². The van der Waals surface area contributed by atoms with Crippen LogP contribution in [0.15, 0.2) is 30.5 Å². The van der Waals surface area contributed by atoms with Crippen molar-refractivity contribution in [2.75, 3.05) is 20.3 Å². The average Bonchev–Trinajstić information content (AvgIpc) is 2.92. The van der Waals surface area contributed by atoms with Crippen LogP contribution in [0, 0.1) is 10.1 Å². The average molecular weight is 277 g/mol. The lowest BCUT2D eigenvalue weighted by atomic mass is 10.3. The lowest BCUT2D eigenvalue weighted by Gasteiger charge is -2.01. The highest BCUT2D eigenvalue weighted by Crippen LogP contribution is 2.21. The second-order valence-electron chi connectivity index (χ2n) is 4.07. The van der Waals surface area contributed by atoms with Crippen LogP contribution in [0.4, 0.5) is 5.69 Å². The Bertz CT molecular complexity index is 584. The van der Waals surface area contributed by atoms with Crippen LogP contribution in [0.1, 0.15) is 5.69 Å². The van der Waals surface area contributed by atoms with Gasteiger partial charge in [-0.2, -0.15) is 0 Å². The van der Waals surface area contributed by atoms with Crippen LogP contribution in [0.25, 0.3) is 5.69 Å². The van der Waals surface area contributed by atoms with Gasteiger partial charge in [0.1, 0.15) is 5.69 Å². The van der Waals surface area contributed by atoms with E-state index in [9.17, 15) is 10.1 Å². The van der Waals surface area contributed by atoms with Gasteiger partial charge in [-0.3, -0.25) is 10.1 Å². The van der Waals surface area contributed by atoms with Crippen LogP contribution in [0.5, 0.6) is 0 Å². The molecular formula is C12H15N5O3. The normalized spacial score (nSPS) is 10.7. The molecule has 2 rings (SSSR count). The third-order valence-electron chi connectivity index (χ3n) is 2.66. The lowest BCUT2D eigenvalue weighted by molar-refractivity contribution is -0.384. The third-order valence-corrected chi connectivity index (χ3v) is 2.66. The topological polar surface area (TPSA) is 95.1 Å². The Hall–Kier alpha value is -2.32. The first-order valence-electron chi connectivity index (χ1n) is 6.07. The monoisotopic (exact) mass is 277 g/mol. The molecule has 0 radical (unpaired) electrons. The van der Waals surface area contributed by atoms with E-state index in [1.165, 1.54) is 10.7 Å². The fourth-order valence-corrected chi connectivity index (χ4v) is 1.70. The highest BCUT2D eigenvalue weighted by Gasteiger charge is 2.15. The van der Waals surface area contributed by atoms with Crippen LogP contribution in [0.2, 0.25) is 0 Å². The molecule has 1 aromatic carbocycles. The first kappa shape index (κ1) is 14.1. The molecule has 1 aromatic heterocycles. The number of rotatable bonds is 7. The van der Waals surface area contributed by atoms with Crippen molar-refractivity contribution in [2.24, 2.45) is 0 Å². The number of hydrogen-bond acceptors (Lipinski definition) is 6. The van der Waals surface area contributed by atoms with E-state index in [1.54, 1.807) is 31.5 Å². The Balaban J connectivity index is 2.11. The van der Waals surface area contributed by atoms with Gasteiger partial charge in [-0.1, -0.05) is 17.3 Å². The van der Waals surface area contributed by atoms with Gasteiger partial charge in [-0.15, -0.1) is 5.10 Å². The number of ether oxygens (including phenoxy) is 1. The number of benzene rings is 1. The lowest BCUT2D eigenvalue weighted by Crippen LogP contribution is -2.18. The largest absolute Gasteiger partial charge is 0.383 e. The molecule has 2 aromatic rings. The van der Waals surface area contributed by atoms with Crippen molar-refractivity contribution in [2.45, 2.75) is 6.54 Å². The second-order valence-corrected chi connectivity index (χ2v) is 4.07. The Kier molecular flexibility index (Phi) is 4.75. The predicted molar refractivity (Wildman–Crippen MR) is 71.6 cm³/mol. The molecule has 0 unspecified atom stereocenters. The van der Waals surface area contributed by atoms with E-state index in [-0.39, 0.29) is 5.69 Å². The molecule has 0 amide bonds. The molecule has 0 aliphatic carbocycles. The molecule has 106 valence electrons. The molecule has 0 aliphatic rings. The van der Waals surface area contributed by atoms with Gasteiger partial charge in [0, 0.05) is 26.3 Å². The molecule has 0 spiro atoms. The molecule has 0 saturated carbocycles. The summed E-state index contributed by atoms with van der Waals surface area (Å²) < 4.78 is 6.33. The maximum atomic E-state index is 11.0. The van der Waals surface area contributed by atoms with Crippen molar-refractivity contribution < 1.29 is 9.66 Å². The van der Waals surface area contributed by atoms with Crippen molar-refractivity contribution in [3.63, 3.8) is 0 Å². The summed E-state index contributed by atoms with van der Waals surface area (Å²) in [5, 5.41) is 22.0. The zero-order valence-corrected chi connectivity index (χ0v) is 11.0. The number of nitrogens with one attached hydrogen (secondary N) is 1. The van der Waals surface area contributed by atoms with E-state index >= 15 is 0 Å². The summed E-state index contributed by atoms with van der Waals surface area (Å²) in [5.74, 6) is 0. The fourth-order valence-electron chi connectivity index (χ4n) is 1.70. The third kappa shape index (κ3) is 3.37. The number of methoxy groups -OCH3 is 1. The molecule has 1 heterocycles. The van der Waals surface area contributed by atoms with Crippen LogP contribution in [0.3, 0.4) is 0 Å². The van der Waals surface area contributed by atoms with Gasteiger partial charge in [-0.05, 0) is 6.07 Å². The van der Waals surface area contributed by atoms with E-state index in [2.05, 4.69) is 15.6 Å². The summed E-state index contributed by atoms with van der Waals surface area (Å²) in [5.41, 5.74) is 1.10. The van der Waals surface area contributed by atoms with E-state index < -0.39 is 4.92 Å². The Morgan fingerprint density at radius 1 is 1.45 bits per heavy atom. The number of aromatic nitrogens is 3. The molecule has 8 heteroatoms. The maximum Gasteiger partial charge on any atom is 0.294 e. The Morgan fingerprint density at radius 2 is 2.25 bits per heavy atom. The molecule has 0 bridgehead atoms. The van der Waals surface area contributed by atoms with Gasteiger partial charge in [0.2, 0.25) is 0 Å². The molecule has 8 nitrogen and oxygen atoms in total. The predicted octanol–water partition coefficient (Wildman–Crippen LogP) is 0.911. The minimum atomic E-state index is -0.437. The van der Waals surface area contributed by atoms with Crippen LogP contribution >= 0.6 is 0 Å². The van der Waals surface area contributed by atoms with Gasteiger partial charge in [0.15, 0.2) is 0 Å². The molecule has 0 atom stereocenters. The number of para-hydroxylation sites is 2. The van der Waals surface area contributed by atoms with Crippen molar-refractivity contribution in [1.29, 1.82) is 0 Å². The Morgan fingerprint density at radius 3 is 3.00 bits per heavy atom. The molecule has 1 N–H and O–H groups in total. The number of nitro benzene ring substituents is 1. The van der Waals surface area contributed by atoms with E-state index in [4.69, 9.17) is 4.74 Å². The summed E-state index contributed by atoms with van der Waals surface area (Å²) in [6, 6.07) is 6.41. The summed E-state index contributed by atoms with van der Waals surface area (Å²) in [7, 11) is 1.63. The van der Waals surface area contributed by atoms with Gasteiger partial charge >= 0.3 is 0 Å². The van der Waals surface area contributed by atoms with Gasteiger partial charge in [0.05, 0.1) is 23.4 Å². The molecule has 0 saturated heterocycles. The van der Waals surface area contributed by atoms with E-state index in [0.717, 1.165) is 0 Å². The van der Waals surface area contributed by atoms with E-state index in [1.807, 2.05) is 0 Å². The standard InChI is InChI=1S/C12H15N5O3/c1-20-7-6-13-8-10-9-16(15-14-10)11-4-2-3-5-12(11)17(18)19/h2-5,9,13H,6-8H2,1H3. The van der Waals surface area contributed by atoms with Gasteiger partial charge < -0.3 is 10.1 Å². The smallest absolute Gasteiger partial charge is 0.294 e. The number of nitro groups is 1. The molecule has 0 aliphatic heterocycles. The highest BCUT2D eigenvalue weighted by atomic mass is 16.6. The maximum absolute atomic E-state index is 11.0. The van der Waals surface area contributed by atoms with Gasteiger partial charge in [0.25, 0.3) is 5.69 Å². The highest BCUT2D eigenvalue weighted by molar-refractivity contribution is 5.51. The number of hydrogen-bond donors (Lipinski definition) is 1. The van der Waals surface area contributed by atoms with Crippen LogP contribution in [-0.4, -0.2) is 40.2 Å². The first-order valence-corrected chi connectivity index (χ1v) is 6.07. The Labute approximate surface area is 115 Å². The molecule has 20 heavy (non-hydrogen) atoms. The minimum absolute atomic E-state index is 0.00343. The van der Waals surface area contributed by atoms with Crippen molar-refractivity contribution in [3.05, 3.63) is 46.3 Å². The summed E-state index contributed by atoms with van der Waals surface area (Å²) >= 11 is 0.